The first-order valence-electron chi connectivity index (χ1n) is 7.55. The van der Waals surface area contributed by atoms with Crippen LogP contribution < -0.4 is 5.56 Å². The summed E-state index contributed by atoms with van der Waals surface area (Å²) < 4.78 is 0. The second-order valence-corrected chi connectivity index (χ2v) is 5.56. The summed E-state index contributed by atoms with van der Waals surface area (Å²) in [6, 6.07) is 2.86. The number of aromatic nitrogens is 2. The molecular formula is C15H23N3O2. The van der Waals surface area contributed by atoms with Gasteiger partial charge in [-0.1, -0.05) is 26.2 Å². The summed E-state index contributed by atoms with van der Waals surface area (Å²) in [5.74, 6) is 0.538. The summed E-state index contributed by atoms with van der Waals surface area (Å²) in [4.78, 5) is 25.4. The fourth-order valence-corrected chi connectivity index (χ4v) is 2.85. The minimum atomic E-state index is -0.282. The van der Waals surface area contributed by atoms with Crippen LogP contribution in [0.1, 0.15) is 55.9 Å². The Morgan fingerprint density at radius 2 is 2.10 bits per heavy atom. The zero-order valence-corrected chi connectivity index (χ0v) is 12.1. The van der Waals surface area contributed by atoms with Gasteiger partial charge in [-0.3, -0.25) is 9.59 Å². The fraction of sp³-hybridized carbons (Fsp3) is 0.667. The zero-order valence-electron chi connectivity index (χ0n) is 12.1. The molecular weight excluding hydrogens is 254 g/mol. The van der Waals surface area contributed by atoms with E-state index >= 15 is 0 Å². The fourth-order valence-electron chi connectivity index (χ4n) is 2.85. The summed E-state index contributed by atoms with van der Waals surface area (Å²) in [7, 11) is 0. The highest BCUT2D eigenvalue weighted by molar-refractivity contribution is 5.92. The number of hydrogen-bond acceptors (Lipinski definition) is 3. The van der Waals surface area contributed by atoms with Gasteiger partial charge in [-0.2, -0.15) is 5.10 Å². The summed E-state index contributed by atoms with van der Waals surface area (Å²) >= 11 is 0. The second kappa shape index (κ2) is 7.22. The molecule has 1 aromatic heterocycles. The smallest absolute Gasteiger partial charge is 0.274 e. The van der Waals surface area contributed by atoms with Crippen LogP contribution in [0.25, 0.3) is 0 Å². The minimum Gasteiger partial charge on any atom is -0.337 e. The third-order valence-corrected chi connectivity index (χ3v) is 3.88. The molecule has 20 heavy (non-hydrogen) atoms. The second-order valence-electron chi connectivity index (χ2n) is 5.56. The van der Waals surface area contributed by atoms with E-state index < -0.39 is 0 Å². The largest absolute Gasteiger partial charge is 0.337 e. The monoisotopic (exact) mass is 277 g/mol. The predicted molar refractivity (Wildman–Crippen MR) is 77.6 cm³/mol. The van der Waals surface area contributed by atoms with Crippen molar-refractivity contribution in [2.24, 2.45) is 5.92 Å². The van der Waals surface area contributed by atoms with E-state index in [2.05, 4.69) is 17.1 Å². The van der Waals surface area contributed by atoms with Gasteiger partial charge in [0.2, 0.25) is 0 Å². The van der Waals surface area contributed by atoms with Gasteiger partial charge in [-0.25, -0.2) is 5.10 Å². The molecule has 110 valence electrons. The van der Waals surface area contributed by atoms with Crippen LogP contribution in [-0.4, -0.2) is 34.1 Å². The van der Waals surface area contributed by atoms with Gasteiger partial charge in [0.25, 0.3) is 11.5 Å². The topological polar surface area (TPSA) is 66.1 Å². The Morgan fingerprint density at radius 3 is 2.70 bits per heavy atom. The summed E-state index contributed by atoms with van der Waals surface area (Å²) in [6.07, 6.45) is 7.23. The van der Waals surface area contributed by atoms with Crippen LogP contribution in [0.5, 0.6) is 0 Å². The molecule has 5 heteroatoms. The number of H-pyrrole nitrogens is 1. The molecule has 0 atom stereocenters. The molecule has 1 N–H and O–H groups in total. The van der Waals surface area contributed by atoms with Crippen molar-refractivity contribution < 1.29 is 4.79 Å². The molecule has 1 fully saturated rings. The lowest BCUT2D eigenvalue weighted by atomic mass is 9.89. The van der Waals surface area contributed by atoms with Crippen LogP contribution in [0.15, 0.2) is 16.9 Å². The Kier molecular flexibility index (Phi) is 5.32. The average Bonchev–Trinajstić information content (AvgIpc) is 2.48. The first-order chi connectivity index (χ1) is 9.70. The maximum absolute atomic E-state index is 12.5. The molecule has 0 aromatic carbocycles. The van der Waals surface area contributed by atoms with Crippen LogP contribution in [-0.2, 0) is 0 Å². The number of nitrogens with zero attached hydrogens (tertiary/aromatic N) is 2. The third kappa shape index (κ3) is 3.92. The zero-order chi connectivity index (χ0) is 14.4. The number of carbonyl (C=O) groups is 1. The lowest BCUT2D eigenvalue weighted by Gasteiger charge is -2.29. The number of rotatable bonds is 5. The highest BCUT2D eigenvalue weighted by Crippen LogP contribution is 2.24. The molecule has 1 aliphatic carbocycles. The standard InChI is InChI=1S/C15H23N3O2/c1-2-10-18(11-12-6-4-3-5-7-12)15(20)13-8-9-14(19)17-16-13/h8-9,12H,2-7,10-11H2,1H3,(H,17,19). The van der Waals surface area contributed by atoms with Crippen LogP contribution in [0.4, 0.5) is 0 Å². The van der Waals surface area contributed by atoms with Gasteiger partial charge < -0.3 is 4.90 Å². The molecule has 0 bridgehead atoms. The van der Waals surface area contributed by atoms with Gasteiger partial charge in [-0.05, 0) is 31.2 Å². The normalized spacial score (nSPS) is 16.1. The highest BCUT2D eigenvalue weighted by atomic mass is 16.2. The summed E-state index contributed by atoms with van der Waals surface area (Å²) in [5.41, 5.74) is 0.0460. The van der Waals surface area contributed by atoms with Crippen molar-refractivity contribution in [3.05, 3.63) is 28.2 Å². The van der Waals surface area contributed by atoms with Gasteiger partial charge in [0.15, 0.2) is 0 Å². The number of nitrogens with one attached hydrogen (secondary N) is 1. The van der Waals surface area contributed by atoms with Crippen LogP contribution in [0.2, 0.25) is 0 Å². The molecule has 0 unspecified atom stereocenters. The predicted octanol–water partition coefficient (Wildman–Crippen LogP) is 2.20. The van der Waals surface area contributed by atoms with Crippen molar-refractivity contribution in [1.82, 2.24) is 15.1 Å². The molecule has 0 aliphatic heterocycles. The van der Waals surface area contributed by atoms with Gasteiger partial charge in [0, 0.05) is 19.2 Å². The van der Waals surface area contributed by atoms with Gasteiger partial charge >= 0.3 is 0 Å². The summed E-state index contributed by atoms with van der Waals surface area (Å²) in [5, 5.41) is 6.17. The molecule has 0 saturated heterocycles. The number of aromatic amines is 1. The van der Waals surface area contributed by atoms with Gasteiger partial charge in [0.1, 0.15) is 5.69 Å². The van der Waals surface area contributed by atoms with Crippen LogP contribution in [0.3, 0.4) is 0 Å². The van der Waals surface area contributed by atoms with E-state index in [1.807, 2.05) is 4.90 Å². The number of amides is 1. The van der Waals surface area contributed by atoms with E-state index in [0.29, 0.717) is 11.6 Å². The number of carbonyl (C=O) groups excluding carboxylic acids is 1. The SMILES string of the molecule is CCCN(CC1CCCCC1)C(=O)c1ccc(=O)[nH]n1. The maximum atomic E-state index is 12.5. The molecule has 1 aliphatic rings. The van der Waals surface area contributed by atoms with Gasteiger partial charge in [0.05, 0.1) is 0 Å². The molecule has 1 heterocycles. The number of hydrogen-bond donors (Lipinski definition) is 1. The van der Waals surface area contributed by atoms with E-state index in [0.717, 1.165) is 19.5 Å². The van der Waals surface area contributed by atoms with Crippen molar-refractivity contribution in [3.8, 4) is 0 Å². The molecule has 5 nitrogen and oxygen atoms in total. The van der Waals surface area contributed by atoms with Crippen molar-refractivity contribution in [2.75, 3.05) is 13.1 Å². The Balaban J connectivity index is 2.04. The molecule has 0 spiro atoms. The quantitative estimate of drug-likeness (QED) is 0.897. The molecule has 1 amide bonds. The van der Waals surface area contributed by atoms with Crippen LogP contribution >= 0.6 is 0 Å². The van der Waals surface area contributed by atoms with Crippen molar-refractivity contribution >= 4 is 5.91 Å². The Morgan fingerprint density at radius 1 is 1.35 bits per heavy atom. The van der Waals surface area contributed by atoms with E-state index in [-0.39, 0.29) is 11.5 Å². The highest BCUT2D eigenvalue weighted by Gasteiger charge is 2.22. The molecule has 1 saturated carbocycles. The van der Waals surface area contributed by atoms with Crippen molar-refractivity contribution in [1.29, 1.82) is 0 Å². The molecule has 0 radical (unpaired) electrons. The first-order valence-corrected chi connectivity index (χ1v) is 7.55. The van der Waals surface area contributed by atoms with Crippen LogP contribution in [0, 0.1) is 5.92 Å². The van der Waals surface area contributed by atoms with E-state index in [4.69, 9.17) is 0 Å². The van der Waals surface area contributed by atoms with E-state index in [1.54, 1.807) is 0 Å². The van der Waals surface area contributed by atoms with E-state index in [9.17, 15) is 9.59 Å². The molecule has 2 rings (SSSR count). The lowest BCUT2D eigenvalue weighted by Crippen LogP contribution is -2.37. The Hall–Kier alpha value is -1.65. The van der Waals surface area contributed by atoms with Crippen molar-refractivity contribution in [2.45, 2.75) is 45.4 Å². The molecule has 1 aromatic rings. The Labute approximate surface area is 119 Å². The van der Waals surface area contributed by atoms with Gasteiger partial charge in [-0.15, -0.1) is 0 Å². The van der Waals surface area contributed by atoms with E-state index in [1.165, 1.54) is 44.2 Å². The van der Waals surface area contributed by atoms with Crippen molar-refractivity contribution in [3.63, 3.8) is 0 Å². The maximum Gasteiger partial charge on any atom is 0.274 e. The lowest BCUT2D eigenvalue weighted by molar-refractivity contribution is 0.0706. The Bertz CT molecular complexity index is 472. The summed E-state index contributed by atoms with van der Waals surface area (Å²) in [6.45, 7) is 3.63. The first kappa shape index (κ1) is 14.8. The third-order valence-electron chi connectivity index (χ3n) is 3.88. The average molecular weight is 277 g/mol. The minimum absolute atomic E-state index is 0.0753.